The molecule has 0 aliphatic rings. The minimum atomic E-state index is -0.843. The van der Waals surface area contributed by atoms with Crippen molar-refractivity contribution in [3.8, 4) is 5.75 Å². The average molecular weight is 362 g/mol. The Kier molecular flexibility index (Phi) is 6.20. The molecule has 0 saturated heterocycles. The van der Waals surface area contributed by atoms with Crippen LogP contribution < -0.4 is 10.1 Å². The minimum absolute atomic E-state index is 0.109. The number of carbonyl (C=O) groups is 2. The highest BCUT2D eigenvalue weighted by Crippen LogP contribution is 2.21. The molecule has 0 bridgehead atoms. The maximum Gasteiger partial charge on any atom is 0.310 e. The van der Waals surface area contributed by atoms with E-state index in [1.807, 2.05) is 0 Å². The highest BCUT2D eigenvalue weighted by molar-refractivity contribution is 5.93. The van der Waals surface area contributed by atoms with E-state index in [4.69, 9.17) is 9.47 Å². The van der Waals surface area contributed by atoms with Crippen molar-refractivity contribution in [1.29, 1.82) is 0 Å². The molecule has 0 saturated carbocycles. The number of nitrogens with one attached hydrogen (secondary N) is 1. The van der Waals surface area contributed by atoms with Gasteiger partial charge in [-0.15, -0.1) is 0 Å². The Bertz CT molecular complexity index is 840. The third kappa shape index (κ3) is 5.00. The average Bonchev–Trinajstić information content (AvgIpc) is 2.62. The molecule has 0 aliphatic carbocycles. The van der Waals surface area contributed by atoms with Gasteiger partial charge in [0.2, 0.25) is 0 Å². The van der Waals surface area contributed by atoms with Gasteiger partial charge in [-0.2, -0.15) is 0 Å². The summed E-state index contributed by atoms with van der Waals surface area (Å²) in [5, 5.41) is 12.8. The van der Waals surface area contributed by atoms with E-state index in [2.05, 4.69) is 5.32 Å². The van der Waals surface area contributed by atoms with Gasteiger partial charge in [0.25, 0.3) is 11.6 Å². The number of nitro groups is 1. The zero-order valence-corrected chi connectivity index (χ0v) is 13.7. The molecule has 2 aromatic carbocycles. The Morgan fingerprint density at radius 2 is 1.96 bits per heavy atom. The molecule has 1 amide bonds. The fourth-order valence-corrected chi connectivity index (χ4v) is 2.11. The molecular formula is C17H15FN2O6. The van der Waals surface area contributed by atoms with Crippen molar-refractivity contribution in [3.63, 3.8) is 0 Å². The van der Waals surface area contributed by atoms with Gasteiger partial charge in [0.15, 0.2) is 6.61 Å². The van der Waals surface area contributed by atoms with E-state index in [0.717, 1.165) is 18.2 Å². The molecule has 2 aromatic rings. The number of rotatable bonds is 7. The first kappa shape index (κ1) is 18.8. The number of halogens is 1. The molecule has 1 N–H and O–H groups in total. The fraction of sp³-hybridized carbons (Fsp3) is 0.176. The predicted octanol–water partition coefficient (Wildman–Crippen LogP) is 2.47. The SMILES string of the molecule is COc1ccccc1CC(=O)OCC(=O)Nc1cc([N+](=O)[O-])ccc1F. The summed E-state index contributed by atoms with van der Waals surface area (Å²) in [5.74, 6) is -1.83. The molecule has 0 unspecified atom stereocenters. The lowest BCUT2D eigenvalue weighted by Crippen LogP contribution is -2.22. The number of ether oxygens (including phenoxy) is 2. The van der Waals surface area contributed by atoms with Crippen LogP contribution in [0.3, 0.4) is 0 Å². The summed E-state index contributed by atoms with van der Waals surface area (Å²) < 4.78 is 23.5. The highest BCUT2D eigenvalue weighted by atomic mass is 19.1. The lowest BCUT2D eigenvalue weighted by Gasteiger charge is -2.09. The molecule has 9 heteroatoms. The van der Waals surface area contributed by atoms with Crippen molar-refractivity contribution in [2.24, 2.45) is 0 Å². The van der Waals surface area contributed by atoms with E-state index in [9.17, 15) is 24.1 Å². The number of nitrogens with zero attached hydrogens (tertiary/aromatic N) is 1. The van der Waals surface area contributed by atoms with E-state index in [1.165, 1.54) is 7.11 Å². The van der Waals surface area contributed by atoms with Gasteiger partial charge in [-0.05, 0) is 12.1 Å². The van der Waals surface area contributed by atoms with Crippen molar-refractivity contribution >= 4 is 23.3 Å². The van der Waals surface area contributed by atoms with Crippen LogP contribution in [0.5, 0.6) is 5.75 Å². The van der Waals surface area contributed by atoms with Gasteiger partial charge in [0.1, 0.15) is 11.6 Å². The predicted molar refractivity (Wildman–Crippen MR) is 89.3 cm³/mol. The summed E-state index contributed by atoms with van der Waals surface area (Å²) in [6, 6.07) is 9.54. The van der Waals surface area contributed by atoms with E-state index >= 15 is 0 Å². The molecule has 0 aliphatic heterocycles. The molecule has 136 valence electrons. The molecule has 0 aromatic heterocycles. The van der Waals surface area contributed by atoms with Crippen LogP contribution in [0, 0.1) is 15.9 Å². The monoisotopic (exact) mass is 362 g/mol. The summed E-state index contributed by atoms with van der Waals surface area (Å²) in [5.41, 5.74) is -0.162. The Balaban J connectivity index is 1.91. The van der Waals surface area contributed by atoms with E-state index in [0.29, 0.717) is 11.3 Å². The highest BCUT2D eigenvalue weighted by Gasteiger charge is 2.15. The Morgan fingerprint density at radius 3 is 2.65 bits per heavy atom. The number of benzene rings is 2. The second-order valence-corrected chi connectivity index (χ2v) is 5.12. The van der Waals surface area contributed by atoms with Crippen LogP contribution in [0.1, 0.15) is 5.56 Å². The van der Waals surface area contributed by atoms with Crippen LogP contribution in [0.4, 0.5) is 15.8 Å². The largest absolute Gasteiger partial charge is 0.496 e. The second-order valence-electron chi connectivity index (χ2n) is 5.12. The second kappa shape index (κ2) is 8.56. The van der Waals surface area contributed by atoms with E-state index < -0.39 is 29.2 Å². The number of nitro benzene ring substituents is 1. The zero-order valence-electron chi connectivity index (χ0n) is 13.7. The quantitative estimate of drug-likeness (QED) is 0.460. The molecule has 0 fully saturated rings. The summed E-state index contributed by atoms with van der Waals surface area (Å²) >= 11 is 0. The Hall–Kier alpha value is -3.49. The lowest BCUT2D eigenvalue weighted by atomic mass is 10.1. The number of non-ortho nitro benzene ring substituents is 1. The number of anilines is 1. The van der Waals surface area contributed by atoms with Gasteiger partial charge in [0, 0.05) is 17.7 Å². The number of methoxy groups -OCH3 is 1. The number of carbonyl (C=O) groups excluding carboxylic acids is 2. The topological polar surface area (TPSA) is 108 Å². The molecule has 0 atom stereocenters. The van der Waals surface area contributed by atoms with Gasteiger partial charge >= 0.3 is 5.97 Å². The van der Waals surface area contributed by atoms with Crippen molar-refractivity contribution < 1.29 is 28.4 Å². The molecule has 26 heavy (non-hydrogen) atoms. The summed E-state index contributed by atoms with van der Waals surface area (Å²) in [4.78, 5) is 33.6. The van der Waals surface area contributed by atoms with Crippen LogP contribution in [0.2, 0.25) is 0 Å². The van der Waals surface area contributed by atoms with Gasteiger partial charge < -0.3 is 14.8 Å². The van der Waals surface area contributed by atoms with Crippen LogP contribution in [-0.2, 0) is 20.7 Å². The Morgan fingerprint density at radius 1 is 1.23 bits per heavy atom. The standard InChI is InChI=1S/C17H15FN2O6/c1-25-15-5-3-2-4-11(15)8-17(22)26-10-16(21)19-14-9-12(20(23)24)6-7-13(14)18/h2-7,9H,8,10H2,1H3,(H,19,21). The van der Waals surface area contributed by atoms with Crippen molar-refractivity contribution in [2.75, 3.05) is 19.0 Å². The fourth-order valence-electron chi connectivity index (χ4n) is 2.11. The number of hydrogen-bond donors (Lipinski definition) is 1. The maximum absolute atomic E-state index is 13.6. The van der Waals surface area contributed by atoms with Crippen molar-refractivity contribution in [3.05, 3.63) is 64.0 Å². The maximum atomic E-state index is 13.6. The number of esters is 1. The van der Waals surface area contributed by atoms with E-state index in [-0.39, 0.29) is 17.8 Å². The van der Waals surface area contributed by atoms with Crippen LogP contribution in [-0.4, -0.2) is 30.5 Å². The molecule has 8 nitrogen and oxygen atoms in total. The zero-order chi connectivity index (χ0) is 19.1. The summed E-state index contributed by atoms with van der Waals surface area (Å²) in [6.07, 6.45) is -0.109. The minimum Gasteiger partial charge on any atom is -0.496 e. The van der Waals surface area contributed by atoms with Crippen LogP contribution in [0.25, 0.3) is 0 Å². The normalized spacial score (nSPS) is 10.1. The molecule has 0 heterocycles. The van der Waals surface area contributed by atoms with Crippen LogP contribution >= 0.6 is 0 Å². The van der Waals surface area contributed by atoms with Gasteiger partial charge in [-0.3, -0.25) is 19.7 Å². The number of amides is 1. The molecule has 2 rings (SSSR count). The third-order valence-electron chi connectivity index (χ3n) is 3.33. The summed E-state index contributed by atoms with van der Waals surface area (Å²) in [7, 11) is 1.46. The first-order valence-corrected chi connectivity index (χ1v) is 7.42. The van der Waals surface area contributed by atoms with Crippen LogP contribution in [0.15, 0.2) is 42.5 Å². The van der Waals surface area contributed by atoms with E-state index in [1.54, 1.807) is 24.3 Å². The number of hydrogen-bond acceptors (Lipinski definition) is 6. The first-order chi connectivity index (χ1) is 12.4. The Labute approximate surface area is 147 Å². The van der Waals surface area contributed by atoms with Gasteiger partial charge in [-0.1, -0.05) is 18.2 Å². The third-order valence-corrected chi connectivity index (χ3v) is 3.33. The molecule has 0 spiro atoms. The summed E-state index contributed by atoms with van der Waals surface area (Å²) in [6.45, 7) is -0.657. The smallest absolute Gasteiger partial charge is 0.310 e. The molecular weight excluding hydrogens is 347 g/mol. The van der Waals surface area contributed by atoms with Crippen molar-refractivity contribution in [2.45, 2.75) is 6.42 Å². The van der Waals surface area contributed by atoms with Gasteiger partial charge in [-0.25, -0.2) is 4.39 Å². The van der Waals surface area contributed by atoms with Crippen molar-refractivity contribution in [1.82, 2.24) is 0 Å². The van der Waals surface area contributed by atoms with Gasteiger partial charge in [0.05, 0.1) is 24.1 Å². The lowest BCUT2D eigenvalue weighted by molar-refractivity contribution is -0.384. The number of para-hydroxylation sites is 1. The molecule has 0 radical (unpaired) electrons. The first-order valence-electron chi connectivity index (χ1n) is 7.42.